The van der Waals surface area contributed by atoms with Gasteiger partial charge in [-0.15, -0.1) is 0 Å². The second-order valence-corrected chi connectivity index (χ2v) is 6.68. The standard InChI is InChI=1S/C19H26N2O2/c1-4-23-15-8-9-18-16(11-15)19(22)17(14(3)20-18)12-21-10-6-5-7-13(21)2/h8-9,11,13H,4-7,10,12H2,1-3H3,(H,20,22)/p+1/t13-/m1/s1. The monoisotopic (exact) mass is 315 g/mol. The van der Waals surface area contributed by atoms with E-state index < -0.39 is 0 Å². The molecule has 0 spiro atoms. The van der Waals surface area contributed by atoms with Crippen LogP contribution in [-0.2, 0) is 6.54 Å². The van der Waals surface area contributed by atoms with Gasteiger partial charge in [0, 0.05) is 16.6 Å². The molecule has 0 aliphatic carbocycles. The van der Waals surface area contributed by atoms with E-state index in [2.05, 4.69) is 11.9 Å². The minimum atomic E-state index is 0.156. The topological polar surface area (TPSA) is 46.5 Å². The molecule has 1 unspecified atom stereocenters. The normalized spacial score (nSPS) is 21.5. The number of hydrogen-bond donors (Lipinski definition) is 2. The van der Waals surface area contributed by atoms with E-state index in [0.29, 0.717) is 12.6 Å². The SMILES string of the molecule is CCOc1ccc2[nH]c(C)c(C[NH+]3CCCC[C@H]3C)c(=O)c2c1. The third-order valence-corrected chi connectivity index (χ3v) is 5.08. The van der Waals surface area contributed by atoms with E-state index in [1.54, 1.807) is 0 Å². The zero-order valence-electron chi connectivity index (χ0n) is 14.4. The Morgan fingerprint density at radius 2 is 2.17 bits per heavy atom. The Bertz CT molecular complexity index is 751. The highest BCUT2D eigenvalue weighted by atomic mass is 16.5. The van der Waals surface area contributed by atoms with E-state index in [1.807, 2.05) is 32.0 Å². The molecule has 3 rings (SSSR count). The molecule has 1 fully saturated rings. The van der Waals surface area contributed by atoms with Crippen LogP contribution in [0.3, 0.4) is 0 Å². The van der Waals surface area contributed by atoms with E-state index in [9.17, 15) is 4.79 Å². The average Bonchev–Trinajstić information content (AvgIpc) is 2.54. The van der Waals surface area contributed by atoms with Crippen molar-refractivity contribution in [3.05, 3.63) is 39.7 Å². The first kappa shape index (κ1) is 16.1. The van der Waals surface area contributed by atoms with E-state index in [1.165, 1.54) is 24.2 Å². The number of piperidine rings is 1. The van der Waals surface area contributed by atoms with Crippen LogP contribution in [0.4, 0.5) is 0 Å². The number of aryl methyl sites for hydroxylation is 1. The lowest BCUT2D eigenvalue weighted by Gasteiger charge is -2.30. The van der Waals surface area contributed by atoms with Gasteiger partial charge in [-0.05, 0) is 58.2 Å². The summed E-state index contributed by atoms with van der Waals surface area (Å²) in [5.74, 6) is 0.763. The maximum atomic E-state index is 13.0. The second kappa shape index (κ2) is 6.75. The zero-order chi connectivity index (χ0) is 16.4. The number of aromatic amines is 1. The second-order valence-electron chi connectivity index (χ2n) is 6.68. The fourth-order valence-electron chi connectivity index (χ4n) is 3.64. The molecule has 0 bridgehead atoms. The molecule has 2 atom stereocenters. The third-order valence-electron chi connectivity index (χ3n) is 5.08. The fourth-order valence-corrected chi connectivity index (χ4v) is 3.64. The molecule has 1 aromatic carbocycles. The summed E-state index contributed by atoms with van der Waals surface area (Å²) in [6.07, 6.45) is 3.84. The van der Waals surface area contributed by atoms with E-state index in [0.717, 1.165) is 41.0 Å². The maximum Gasteiger partial charge on any atom is 0.198 e. The molecule has 4 heteroatoms. The summed E-state index contributed by atoms with van der Waals surface area (Å²) in [6.45, 7) is 8.86. The number of quaternary nitrogens is 1. The Labute approximate surface area is 137 Å². The Balaban J connectivity index is 2.00. The number of fused-ring (bicyclic) bond motifs is 1. The zero-order valence-corrected chi connectivity index (χ0v) is 14.4. The molecule has 2 aromatic rings. The number of aromatic nitrogens is 1. The highest BCUT2D eigenvalue weighted by Crippen LogP contribution is 2.18. The summed E-state index contributed by atoms with van der Waals surface area (Å²) in [4.78, 5) is 17.9. The van der Waals surface area contributed by atoms with Crippen molar-refractivity contribution in [1.82, 2.24) is 4.98 Å². The Morgan fingerprint density at radius 3 is 2.91 bits per heavy atom. The van der Waals surface area contributed by atoms with Crippen molar-refractivity contribution in [1.29, 1.82) is 0 Å². The van der Waals surface area contributed by atoms with Crippen LogP contribution in [0.25, 0.3) is 10.9 Å². The van der Waals surface area contributed by atoms with Crippen molar-refractivity contribution in [2.45, 2.75) is 52.6 Å². The van der Waals surface area contributed by atoms with Crippen LogP contribution in [0.1, 0.15) is 44.4 Å². The van der Waals surface area contributed by atoms with Crippen LogP contribution in [0.15, 0.2) is 23.0 Å². The first-order chi connectivity index (χ1) is 11.1. The van der Waals surface area contributed by atoms with Crippen LogP contribution in [-0.4, -0.2) is 24.2 Å². The Morgan fingerprint density at radius 1 is 1.35 bits per heavy atom. The van der Waals surface area contributed by atoms with Gasteiger partial charge in [-0.3, -0.25) is 4.79 Å². The maximum absolute atomic E-state index is 13.0. The van der Waals surface area contributed by atoms with Gasteiger partial charge >= 0.3 is 0 Å². The number of H-pyrrole nitrogens is 1. The summed E-state index contributed by atoms with van der Waals surface area (Å²) in [5, 5.41) is 0.737. The molecule has 23 heavy (non-hydrogen) atoms. The van der Waals surface area contributed by atoms with E-state index in [4.69, 9.17) is 4.74 Å². The fraction of sp³-hybridized carbons (Fsp3) is 0.526. The van der Waals surface area contributed by atoms with Crippen molar-refractivity contribution in [3.8, 4) is 5.75 Å². The van der Waals surface area contributed by atoms with Crippen molar-refractivity contribution < 1.29 is 9.64 Å². The molecule has 0 radical (unpaired) electrons. The van der Waals surface area contributed by atoms with Gasteiger partial charge in [0.05, 0.1) is 24.8 Å². The van der Waals surface area contributed by atoms with Crippen molar-refractivity contribution in [2.75, 3.05) is 13.2 Å². The van der Waals surface area contributed by atoms with Gasteiger partial charge in [0.15, 0.2) is 5.43 Å². The molecule has 4 nitrogen and oxygen atoms in total. The predicted octanol–water partition coefficient (Wildman–Crippen LogP) is 2.19. The highest BCUT2D eigenvalue weighted by molar-refractivity contribution is 5.81. The van der Waals surface area contributed by atoms with Gasteiger partial charge in [-0.1, -0.05) is 0 Å². The van der Waals surface area contributed by atoms with Gasteiger partial charge in [0.25, 0.3) is 0 Å². The smallest absolute Gasteiger partial charge is 0.198 e. The predicted molar refractivity (Wildman–Crippen MR) is 93.3 cm³/mol. The van der Waals surface area contributed by atoms with E-state index >= 15 is 0 Å². The lowest BCUT2D eigenvalue weighted by molar-refractivity contribution is -0.942. The highest BCUT2D eigenvalue weighted by Gasteiger charge is 2.24. The number of ether oxygens (including phenoxy) is 1. The number of likely N-dealkylation sites (tertiary alicyclic amines) is 1. The quantitative estimate of drug-likeness (QED) is 0.908. The molecular weight excluding hydrogens is 288 g/mol. The first-order valence-electron chi connectivity index (χ1n) is 8.73. The third kappa shape index (κ3) is 3.27. The van der Waals surface area contributed by atoms with Crippen molar-refractivity contribution in [3.63, 3.8) is 0 Å². The van der Waals surface area contributed by atoms with Crippen LogP contribution in [0, 0.1) is 6.92 Å². The van der Waals surface area contributed by atoms with Crippen LogP contribution in [0.5, 0.6) is 5.75 Å². The number of benzene rings is 1. The molecule has 2 N–H and O–H groups in total. The molecule has 1 saturated heterocycles. The van der Waals surface area contributed by atoms with E-state index in [-0.39, 0.29) is 5.43 Å². The number of rotatable bonds is 4. The molecule has 124 valence electrons. The largest absolute Gasteiger partial charge is 0.494 e. The van der Waals surface area contributed by atoms with Gasteiger partial charge in [0.2, 0.25) is 0 Å². The summed E-state index contributed by atoms with van der Waals surface area (Å²) in [5.41, 5.74) is 2.97. The molecule has 0 amide bonds. The number of pyridine rings is 1. The summed E-state index contributed by atoms with van der Waals surface area (Å²) in [6, 6.07) is 6.36. The Hall–Kier alpha value is -1.81. The molecular formula is C19H27N2O2+. The first-order valence-corrected chi connectivity index (χ1v) is 8.73. The van der Waals surface area contributed by atoms with Gasteiger partial charge in [-0.2, -0.15) is 0 Å². The summed E-state index contributed by atoms with van der Waals surface area (Å²) >= 11 is 0. The van der Waals surface area contributed by atoms with Gasteiger partial charge in [0.1, 0.15) is 12.3 Å². The lowest BCUT2D eigenvalue weighted by Crippen LogP contribution is -3.15. The van der Waals surface area contributed by atoms with Crippen LogP contribution < -0.4 is 15.1 Å². The van der Waals surface area contributed by atoms with Crippen molar-refractivity contribution in [2.24, 2.45) is 0 Å². The summed E-state index contributed by atoms with van der Waals surface area (Å²) < 4.78 is 5.55. The van der Waals surface area contributed by atoms with Crippen LogP contribution >= 0.6 is 0 Å². The molecule has 0 saturated carbocycles. The molecule has 1 aliphatic heterocycles. The summed E-state index contributed by atoms with van der Waals surface area (Å²) in [7, 11) is 0. The van der Waals surface area contributed by atoms with Gasteiger partial charge < -0.3 is 14.6 Å². The van der Waals surface area contributed by atoms with Gasteiger partial charge in [-0.25, -0.2) is 0 Å². The molecule has 1 aliphatic rings. The number of nitrogens with one attached hydrogen (secondary N) is 2. The molecule has 1 aromatic heterocycles. The minimum Gasteiger partial charge on any atom is -0.494 e. The van der Waals surface area contributed by atoms with Crippen LogP contribution in [0.2, 0.25) is 0 Å². The molecule has 2 heterocycles. The minimum absolute atomic E-state index is 0.156. The lowest BCUT2D eigenvalue weighted by atomic mass is 10.0. The van der Waals surface area contributed by atoms with Crippen molar-refractivity contribution >= 4 is 10.9 Å². The Kier molecular flexibility index (Phi) is 4.71. The average molecular weight is 315 g/mol. The number of hydrogen-bond acceptors (Lipinski definition) is 2.